The molecule has 1 aliphatic rings. The molecule has 1 aliphatic heterocycles. The van der Waals surface area contributed by atoms with Crippen LogP contribution >= 0.6 is 0 Å². The minimum atomic E-state index is -4.93. The van der Waals surface area contributed by atoms with Gasteiger partial charge in [-0.1, -0.05) is 0 Å². The first-order chi connectivity index (χ1) is 7.04. The fourth-order valence-electron chi connectivity index (χ4n) is 1.16. The predicted molar refractivity (Wildman–Crippen MR) is 47.1 cm³/mol. The van der Waals surface area contributed by atoms with E-state index in [1.54, 1.807) is 0 Å². The molecule has 3 nitrogen and oxygen atoms in total. The molecule has 0 amide bonds. The van der Waals surface area contributed by atoms with Gasteiger partial charge in [-0.25, -0.2) is 0 Å². The zero-order valence-electron chi connectivity index (χ0n) is 8.58. The minimum Gasteiger partial charge on any atom is -0.522 e. The molecule has 16 heavy (non-hydrogen) atoms. The molecule has 8 heteroatoms. The summed E-state index contributed by atoms with van der Waals surface area (Å²) in [5, 5.41) is 0. The minimum absolute atomic E-state index is 0. The van der Waals surface area contributed by atoms with Crippen molar-refractivity contribution >= 4 is 6.98 Å². The SMILES string of the molecule is F[B-](F)(F)COc1ccc2c(c1)OCO2.[K+]. The zero-order chi connectivity index (χ0) is 10.9. The molecule has 0 saturated heterocycles. The van der Waals surface area contributed by atoms with Gasteiger partial charge in [0.1, 0.15) is 5.75 Å². The van der Waals surface area contributed by atoms with Gasteiger partial charge in [-0.3, -0.25) is 0 Å². The van der Waals surface area contributed by atoms with Crippen LogP contribution in [0, 0.1) is 0 Å². The van der Waals surface area contributed by atoms with Crippen LogP contribution in [0.25, 0.3) is 0 Å². The molecule has 1 aromatic carbocycles. The van der Waals surface area contributed by atoms with Crippen LogP contribution in [0.2, 0.25) is 0 Å². The summed E-state index contributed by atoms with van der Waals surface area (Å²) in [6.07, 6.45) is 0. The Bertz CT molecular complexity index is 372. The van der Waals surface area contributed by atoms with E-state index in [-0.39, 0.29) is 63.9 Å². The van der Waals surface area contributed by atoms with Gasteiger partial charge in [0, 0.05) is 6.07 Å². The van der Waals surface area contributed by atoms with E-state index in [4.69, 9.17) is 9.47 Å². The second-order valence-electron chi connectivity index (χ2n) is 3.04. The Morgan fingerprint density at radius 2 is 1.88 bits per heavy atom. The summed E-state index contributed by atoms with van der Waals surface area (Å²) in [5.41, 5.74) is 0. The van der Waals surface area contributed by atoms with Gasteiger partial charge in [-0.2, -0.15) is 0 Å². The molecule has 0 N–H and O–H groups in total. The van der Waals surface area contributed by atoms with Crippen molar-refractivity contribution < 1.29 is 78.5 Å². The van der Waals surface area contributed by atoms with Gasteiger partial charge in [-0.15, -0.1) is 0 Å². The summed E-state index contributed by atoms with van der Waals surface area (Å²) in [7, 11) is 0. The normalized spacial score (nSPS) is 13.2. The summed E-state index contributed by atoms with van der Waals surface area (Å²) in [4.78, 5) is 0. The number of benzene rings is 1. The first-order valence-corrected chi connectivity index (χ1v) is 4.28. The van der Waals surface area contributed by atoms with E-state index < -0.39 is 13.5 Å². The monoisotopic (exact) mass is 258 g/mol. The van der Waals surface area contributed by atoms with Crippen molar-refractivity contribution in [2.24, 2.45) is 0 Å². The van der Waals surface area contributed by atoms with Crippen LogP contribution in [0.3, 0.4) is 0 Å². The number of hydrogen-bond donors (Lipinski definition) is 0. The van der Waals surface area contributed by atoms with Crippen molar-refractivity contribution in [3.8, 4) is 17.2 Å². The van der Waals surface area contributed by atoms with Crippen molar-refractivity contribution in [2.75, 3.05) is 13.3 Å². The van der Waals surface area contributed by atoms with Crippen LogP contribution in [0.4, 0.5) is 12.9 Å². The number of halogens is 3. The quantitative estimate of drug-likeness (QED) is 0.663. The molecule has 0 saturated carbocycles. The predicted octanol–water partition coefficient (Wildman–Crippen LogP) is -0.815. The summed E-state index contributed by atoms with van der Waals surface area (Å²) in [5.74, 6) is 1.04. The number of hydrogen-bond acceptors (Lipinski definition) is 3. The Morgan fingerprint density at radius 1 is 1.19 bits per heavy atom. The molecule has 0 bridgehead atoms. The van der Waals surface area contributed by atoms with E-state index in [1.807, 2.05) is 0 Å². The van der Waals surface area contributed by atoms with Crippen molar-refractivity contribution in [3.05, 3.63) is 18.2 Å². The maximum absolute atomic E-state index is 11.9. The number of ether oxygens (including phenoxy) is 3. The first kappa shape index (κ1) is 14.2. The van der Waals surface area contributed by atoms with Crippen molar-refractivity contribution in [1.82, 2.24) is 0 Å². The van der Waals surface area contributed by atoms with E-state index in [9.17, 15) is 12.9 Å². The first-order valence-electron chi connectivity index (χ1n) is 4.28. The van der Waals surface area contributed by atoms with Gasteiger partial charge in [0.05, 0.1) is 6.51 Å². The molecule has 82 valence electrons. The standard InChI is InChI=1S/C8H7BF3O3.K/c10-9(11,12)4-13-6-1-2-7-8(3-6)15-5-14-7;/h1-3H,4-5H2;/q-1;+1. The van der Waals surface area contributed by atoms with Gasteiger partial charge < -0.3 is 27.2 Å². The van der Waals surface area contributed by atoms with E-state index in [0.29, 0.717) is 11.5 Å². The van der Waals surface area contributed by atoms with Crippen LogP contribution < -0.4 is 65.6 Å². The smallest absolute Gasteiger partial charge is 0.522 e. The maximum atomic E-state index is 11.9. The Labute approximate surface area is 133 Å². The largest absolute Gasteiger partial charge is 1.00 e. The Balaban J connectivity index is 0.00000128. The molecule has 1 heterocycles. The van der Waals surface area contributed by atoms with Crippen LogP contribution in [0.15, 0.2) is 18.2 Å². The van der Waals surface area contributed by atoms with Crippen molar-refractivity contribution in [1.29, 1.82) is 0 Å². The van der Waals surface area contributed by atoms with E-state index in [2.05, 4.69) is 4.74 Å². The molecule has 0 fully saturated rings. The molecule has 0 aromatic heterocycles. The molecule has 0 atom stereocenters. The van der Waals surface area contributed by atoms with Gasteiger partial charge in [0.15, 0.2) is 11.5 Å². The average molecular weight is 258 g/mol. The Kier molecular flexibility index (Phi) is 4.99. The topological polar surface area (TPSA) is 27.7 Å². The van der Waals surface area contributed by atoms with Gasteiger partial charge in [-0.05, 0) is 12.1 Å². The summed E-state index contributed by atoms with van der Waals surface area (Å²) < 4.78 is 50.2. The molecular weight excluding hydrogens is 251 g/mol. The molecule has 0 radical (unpaired) electrons. The molecular formula is C8H7BF3KO3. The van der Waals surface area contributed by atoms with Crippen molar-refractivity contribution in [2.45, 2.75) is 0 Å². The number of rotatable bonds is 3. The Morgan fingerprint density at radius 3 is 2.56 bits per heavy atom. The van der Waals surface area contributed by atoms with Gasteiger partial charge >= 0.3 is 58.4 Å². The van der Waals surface area contributed by atoms with E-state index >= 15 is 0 Å². The molecule has 0 unspecified atom stereocenters. The van der Waals surface area contributed by atoms with Gasteiger partial charge in [0.25, 0.3) is 0 Å². The second-order valence-corrected chi connectivity index (χ2v) is 3.04. The molecule has 0 spiro atoms. The fraction of sp³-hybridized carbons (Fsp3) is 0.250. The van der Waals surface area contributed by atoms with Crippen LogP contribution in [-0.4, -0.2) is 20.3 Å². The molecule has 0 aliphatic carbocycles. The third-order valence-electron chi connectivity index (χ3n) is 1.78. The summed E-state index contributed by atoms with van der Waals surface area (Å²) in [6.45, 7) is -6.10. The van der Waals surface area contributed by atoms with Gasteiger partial charge in [0.2, 0.25) is 6.79 Å². The molecule has 1 aromatic rings. The van der Waals surface area contributed by atoms with Crippen molar-refractivity contribution in [3.63, 3.8) is 0 Å². The van der Waals surface area contributed by atoms with Crippen LogP contribution in [0.1, 0.15) is 0 Å². The average Bonchev–Trinajstić information content (AvgIpc) is 2.60. The van der Waals surface area contributed by atoms with E-state index in [1.165, 1.54) is 18.2 Å². The second kappa shape index (κ2) is 5.63. The zero-order valence-corrected chi connectivity index (χ0v) is 11.7. The van der Waals surface area contributed by atoms with Crippen LogP contribution in [0.5, 0.6) is 17.2 Å². The third-order valence-corrected chi connectivity index (χ3v) is 1.78. The number of fused-ring (bicyclic) bond motifs is 1. The van der Waals surface area contributed by atoms with E-state index in [0.717, 1.165) is 0 Å². The fourth-order valence-corrected chi connectivity index (χ4v) is 1.16. The Hall–Kier alpha value is 0.111. The summed E-state index contributed by atoms with van der Waals surface area (Å²) >= 11 is 0. The maximum Gasteiger partial charge on any atom is 1.00 e. The molecule has 2 rings (SSSR count). The third kappa shape index (κ3) is 3.85. The van der Waals surface area contributed by atoms with Crippen LogP contribution in [-0.2, 0) is 0 Å². The summed E-state index contributed by atoms with van der Waals surface area (Å²) in [6, 6.07) is 4.31.